The molecule has 0 N–H and O–H groups in total. The number of aromatic nitrogens is 1. The maximum Gasteiger partial charge on any atom is 0.230 e. The second-order valence-electron chi connectivity index (χ2n) is 8.72. The molecule has 172 valence electrons. The molecular weight excluding hydrogens is 463 g/mol. The minimum atomic E-state index is -0.983. The van der Waals surface area contributed by atoms with Crippen LogP contribution in [0.3, 0.4) is 0 Å². The number of fused-ring (bicyclic) bond motifs is 1. The van der Waals surface area contributed by atoms with Crippen molar-refractivity contribution in [1.82, 2.24) is 9.88 Å². The first-order valence-corrected chi connectivity index (χ1v) is 12.4. The van der Waals surface area contributed by atoms with E-state index in [1.165, 1.54) is 16.2 Å². The number of halogens is 2. The molecule has 8 heteroatoms. The van der Waals surface area contributed by atoms with E-state index in [-0.39, 0.29) is 31.2 Å². The van der Waals surface area contributed by atoms with Crippen molar-refractivity contribution in [2.45, 2.75) is 64.3 Å². The molecule has 0 spiro atoms. The molecule has 5 rings (SSSR count). The Bertz CT molecular complexity index is 1230. The van der Waals surface area contributed by atoms with Crippen molar-refractivity contribution in [2.75, 3.05) is 0 Å². The van der Waals surface area contributed by atoms with E-state index in [9.17, 15) is 14.0 Å². The van der Waals surface area contributed by atoms with E-state index in [1.54, 1.807) is 6.20 Å². The SMILES string of the molecule is Cc1cc(Cl)cc(-c2ccnc3cc(CN4C(=O)CCC4=O)sc23)c1O[C@@H]1CCCC[C@@H]1F. The number of rotatable bonds is 5. The van der Waals surface area contributed by atoms with Crippen LogP contribution in [0.5, 0.6) is 5.75 Å². The number of aryl methyl sites for hydroxylation is 1. The van der Waals surface area contributed by atoms with Gasteiger partial charge in [0.1, 0.15) is 18.0 Å². The van der Waals surface area contributed by atoms with E-state index in [4.69, 9.17) is 16.3 Å². The molecule has 2 atom stereocenters. The van der Waals surface area contributed by atoms with E-state index in [1.807, 2.05) is 31.2 Å². The van der Waals surface area contributed by atoms with Gasteiger partial charge >= 0.3 is 0 Å². The Hall–Kier alpha value is -2.51. The predicted octanol–water partition coefficient (Wildman–Crippen LogP) is 6.23. The Morgan fingerprint density at radius 3 is 2.67 bits per heavy atom. The molecule has 2 amide bonds. The lowest BCUT2D eigenvalue weighted by Crippen LogP contribution is -2.32. The Morgan fingerprint density at radius 2 is 1.91 bits per heavy atom. The molecule has 0 bridgehead atoms. The summed E-state index contributed by atoms with van der Waals surface area (Å²) in [5.41, 5.74) is 3.32. The van der Waals surface area contributed by atoms with E-state index in [2.05, 4.69) is 4.98 Å². The highest BCUT2D eigenvalue weighted by molar-refractivity contribution is 7.19. The minimum absolute atomic E-state index is 0.139. The lowest BCUT2D eigenvalue weighted by molar-refractivity contribution is -0.138. The van der Waals surface area contributed by atoms with Crippen LogP contribution in [0.1, 0.15) is 49.0 Å². The van der Waals surface area contributed by atoms with Gasteiger partial charge in [-0.2, -0.15) is 0 Å². The van der Waals surface area contributed by atoms with Crippen molar-refractivity contribution >= 4 is 45.0 Å². The zero-order valence-corrected chi connectivity index (χ0v) is 19.8. The number of carbonyl (C=O) groups is 2. The fraction of sp³-hybridized carbons (Fsp3) is 0.400. The van der Waals surface area contributed by atoms with Crippen LogP contribution in [-0.2, 0) is 16.1 Å². The number of carbonyl (C=O) groups excluding carboxylic acids is 2. The van der Waals surface area contributed by atoms with Gasteiger partial charge in [-0.3, -0.25) is 19.5 Å². The third-order valence-corrected chi connectivity index (χ3v) is 7.71. The van der Waals surface area contributed by atoms with Crippen LogP contribution in [0.25, 0.3) is 21.3 Å². The van der Waals surface area contributed by atoms with Gasteiger partial charge in [0, 0.05) is 40.1 Å². The van der Waals surface area contributed by atoms with Crippen molar-refractivity contribution in [3.05, 3.63) is 45.9 Å². The van der Waals surface area contributed by atoms with Crippen LogP contribution in [0, 0.1) is 6.92 Å². The number of hydrogen-bond donors (Lipinski definition) is 0. The van der Waals surface area contributed by atoms with Gasteiger partial charge in [0.05, 0.1) is 16.8 Å². The first kappa shape index (κ1) is 22.3. The number of nitrogens with zero attached hydrogens (tertiary/aromatic N) is 2. The van der Waals surface area contributed by atoms with Gasteiger partial charge in [-0.05, 0) is 56.0 Å². The van der Waals surface area contributed by atoms with E-state index < -0.39 is 12.3 Å². The fourth-order valence-corrected chi connectivity index (χ4v) is 6.06. The summed E-state index contributed by atoms with van der Waals surface area (Å²) in [4.78, 5) is 30.8. The number of imide groups is 1. The quantitative estimate of drug-likeness (QED) is 0.401. The third kappa shape index (κ3) is 4.36. The maximum atomic E-state index is 14.6. The van der Waals surface area contributed by atoms with Gasteiger partial charge in [-0.15, -0.1) is 11.3 Å². The highest BCUT2D eigenvalue weighted by Gasteiger charge is 2.30. The average molecular weight is 487 g/mol. The molecule has 3 aromatic rings. The smallest absolute Gasteiger partial charge is 0.230 e. The van der Waals surface area contributed by atoms with Gasteiger partial charge in [0.25, 0.3) is 0 Å². The van der Waals surface area contributed by atoms with Crippen LogP contribution in [0.2, 0.25) is 5.02 Å². The normalized spacial score (nSPS) is 21.2. The lowest BCUT2D eigenvalue weighted by Gasteiger charge is -2.28. The van der Waals surface area contributed by atoms with Crippen molar-refractivity contribution < 1.29 is 18.7 Å². The third-order valence-electron chi connectivity index (χ3n) is 6.35. The number of alkyl halides is 1. The van der Waals surface area contributed by atoms with E-state index >= 15 is 0 Å². The maximum absolute atomic E-state index is 14.6. The Morgan fingerprint density at radius 1 is 1.15 bits per heavy atom. The van der Waals surface area contributed by atoms with Gasteiger partial charge in [-0.1, -0.05) is 18.0 Å². The standard InChI is InChI=1S/C25H24ClFN2O3S/c1-14-10-15(26)11-18(24(14)32-21-5-3-2-4-19(21)27)17-8-9-28-20-12-16(33-25(17)20)13-29-22(30)6-7-23(29)31/h8-12,19,21H,2-7,13H2,1H3/t19-,21+/m0/s1. The number of benzene rings is 1. The largest absolute Gasteiger partial charge is 0.486 e. The predicted molar refractivity (Wildman–Crippen MR) is 127 cm³/mol. The summed E-state index contributed by atoms with van der Waals surface area (Å²) in [6, 6.07) is 7.50. The summed E-state index contributed by atoms with van der Waals surface area (Å²) in [6.45, 7) is 2.17. The van der Waals surface area contributed by atoms with Crippen molar-refractivity contribution in [3.8, 4) is 16.9 Å². The van der Waals surface area contributed by atoms with Crippen LogP contribution in [-0.4, -0.2) is 34.0 Å². The molecule has 5 nitrogen and oxygen atoms in total. The van der Waals surface area contributed by atoms with Crippen LogP contribution in [0.15, 0.2) is 30.5 Å². The molecule has 1 aliphatic heterocycles. The monoisotopic (exact) mass is 486 g/mol. The molecule has 2 aliphatic rings. The molecule has 0 radical (unpaired) electrons. The Labute approximate surface area is 200 Å². The molecule has 2 aromatic heterocycles. The highest BCUT2D eigenvalue weighted by Crippen LogP contribution is 2.43. The molecule has 1 saturated carbocycles. The van der Waals surface area contributed by atoms with Crippen LogP contribution < -0.4 is 4.74 Å². The molecule has 33 heavy (non-hydrogen) atoms. The van der Waals surface area contributed by atoms with Gasteiger partial charge < -0.3 is 4.74 Å². The summed E-state index contributed by atoms with van der Waals surface area (Å²) in [7, 11) is 0. The molecule has 2 fully saturated rings. The van der Waals surface area contributed by atoms with Crippen molar-refractivity contribution in [3.63, 3.8) is 0 Å². The lowest BCUT2D eigenvalue weighted by atomic mass is 9.95. The minimum Gasteiger partial charge on any atom is -0.486 e. The Balaban J connectivity index is 1.55. The number of ether oxygens (including phenoxy) is 1. The first-order valence-electron chi connectivity index (χ1n) is 11.2. The average Bonchev–Trinajstić information content (AvgIpc) is 3.34. The van der Waals surface area contributed by atoms with Crippen molar-refractivity contribution in [1.29, 1.82) is 0 Å². The number of hydrogen-bond acceptors (Lipinski definition) is 5. The second-order valence-corrected chi connectivity index (χ2v) is 10.3. The fourth-order valence-electron chi connectivity index (χ4n) is 4.65. The summed E-state index contributed by atoms with van der Waals surface area (Å²) in [5.74, 6) is 0.362. The molecule has 0 unspecified atom stereocenters. The second kappa shape index (κ2) is 9.03. The number of pyridine rings is 1. The van der Waals surface area contributed by atoms with Crippen LogP contribution >= 0.6 is 22.9 Å². The zero-order chi connectivity index (χ0) is 23.1. The zero-order valence-electron chi connectivity index (χ0n) is 18.3. The van der Waals surface area contributed by atoms with Gasteiger partial charge in [0.15, 0.2) is 0 Å². The molecule has 3 heterocycles. The topological polar surface area (TPSA) is 59.5 Å². The number of likely N-dealkylation sites (tertiary alicyclic amines) is 1. The number of thiophene rings is 1. The summed E-state index contributed by atoms with van der Waals surface area (Å²) >= 11 is 7.92. The van der Waals surface area contributed by atoms with Gasteiger partial charge in [-0.25, -0.2) is 4.39 Å². The molecule has 1 saturated heterocycles. The van der Waals surface area contributed by atoms with E-state index in [0.29, 0.717) is 23.6 Å². The van der Waals surface area contributed by atoms with Crippen molar-refractivity contribution in [2.24, 2.45) is 0 Å². The molecular formula is C25H24ClFN2O3S. The van der Waals surface area contributed by atoms with Crippen LogP contribution in [0.4, 0.5) is 4.39 Å². The summed E-state index contributed by atoms with van der Waals surface area (Å²) in [6.07, 6.45) is 3.86. The molecule has 1 aliphatic carbocycles. The summed E-state index contributed by atoms with van der Waals surface area (Å²) in [5, 5.41) is 0.574. The van der Waals surface area contributed by atoms with Gasteiger partial charge in [0.2, 0.25) is 11.8 Å². The Kier molecular flexibility index (Phi) is 6.10. The highest BCUT2D eigenvalue weighted by atomic mass is 35.5. The number of amides is 2. The van der Waals surface area contributed by atoms with E-state index in [0.717, 1.165) is 44.6 Å². The molecule has 1 aromatic carbocycles. The summed E-state index contributed by atoms with van der Waals surface area (Å²) < 4.78 is 21.8. The first-order chi connectivity index (χ1) is 15.9.